The number of amides is 2. The Morgan fingerprint density at radius 2 is 2.28 bits per heavy atom. The first-order chi connectivity index (χ1) is 11.9. The number of carbonyl (C=O) groups is 3. The Morgan fingerprint density at radius 1 is 1.52 bits per heavy atom. The first kappa shape index (κ1) is 18.9. The molecule has 2 amide bonds. The van der Waals surface area contributed by atoms with Gasteiger partial charge in [-0.15, -0.1) is 0 Å². The van der Waals surface area contributed by atoms with Gasteiger partial charge in [0.05, 0.1) is 18.1 Å². The van der Waals surface area contributed by atoms with E-state index in [-0.39, 0.29) is 31.2 Å². The molecule has 0 radical (unpaired) electrons. The van der Waals surface area contributed by atoms with E-state index in [0.717, 1.165) is 12.8 Å². The van der Waals surface area contributed by atoms with Crippen molar-refractivity contribution in [2.75, 3.05) is 6.54 Å². The van der Waals surface area contributed by atoms with Crippen LogP contribution >= 0.6 is 0 Å². The number of carboxylic acid groups (broad SMARTS) is 1. The molecule has 0 bridgehead atoms. The number of aromatic amines is 1. The fourth-order valence-corrected chi connectivity index (χ4v) is 2.96. The third kappa shape index (κ3) is 5.28. The van der Waals surface area contributed by atoms with Gasteiger partial charge < -0.3 is 26.0 Å². The van der Waals surface area contributed by atoms with Gasteiger partial charge >= 0.3 is 5.97 Å². The predicted molar refractivity (Wildman–Crippen MR) is 89.5 cm³/mol. The molecule has 1 fully saturated rings. The van der Waals surface area contributed by atoms with Gasteiger partial charge in [0.1, 0.15) is 6.04 Å². The van der Waals surface area contributed by atoms with Gasteiger partial charge in [0.25, 0.3) is 0 Å². The Bertz CT molecular complexity index is 604. The van der Waals surface area contributed by atoms with Crippen LogP contribution in [0.4, 0.5) is 0 Å². The van der Waals surface area contributed by atoms with Gasteiger partial charge in [0, 0.05) is 31.6 Å². The average Bonchev–Trinajstić information content (AvgIpc) is 3.22. The van der Waals surface area contributed by atoms with E-state index in [0.29, 0.717) is 12.2 Å². The molecule has 9 heteroatoms. The summed E-state index contributed by atoms with van der Waals surface area (Å²) in [7, 11) is 0. The van der Waals surface area contributed by atoms with Crippen LogP contribution in [-0.4, -0.2) is 62.4 Å². The van der Waals surface area contributed by atoms with Crippen LogP contribution in [0.1, 0.15) is 38.3 Å². The number of rotatable bonds is 8. The van der Waals surface area contributed by atoms with Crippen molar-refractivity contribution in [3.05, 3.63) is 18.2 Å². The number of nitrogens with two attached hydrogens (primary N) is 1. The van der Waals surface area contributed by atoms with E-state index >= 15 is 0 Å². The number of aromatic nitrogens is 2. The van der Waals surface area contributed by atoms with Gasteiger partial charge in [-0.05, 0) is 26.2 Å². The SMILES string of the molecule is CC1CCCN1C(=O)C(Cc1c[nH]cn1)NC(=O)C(N)CCC(=O)O. The summed E-state index contributed by atoms with van der Waals surface area (Å²) >= 11 is 0. The average molecular weight is 351 g/mol. The molecule has 1 aliphatic rings. The van der Waals surface area contributed by atoms with Crippen molar-refractivity contribution < 1.29 is 19.5 Å². The minimum atomic E-state index is -1.02. The van der Waals surface area contributed by atoms with Crippen molar-refractivity contribution >= 4 is 17.8 Å². The summed E-state index contributed by atoms with van der Waals surface area (Å²) in [5.41, 5.74) is 6.40. The molecule has 1 saturated heterocycles. The molecular weight excluding hydrogens is 326 g/mol. The monoisotopic (exact) mass is 351 g/mol. The molecule has 1 aromatic heterocycles. The van der Waals surface area contributed by atoms with E-state index in [1.807, 2.05) is 6.92 Å². The zero-order valence-corrected chi connectivity index (χ0v) is 14.3. The molecule has 2 heterocycles. The minimum Gasteiger partial charge on any atom is -0.481 e. The van der Waals surface area contributed by atoms with Crippen molar-refractivity contribution in [2.45, 2.75) is 57.2 Å². The van der Waals surface area contributed by atoms with Crippen LogP contribution in [0.15, 0.2) is 12.5 Å². The third-order valence-corrected chi connectivity index (χ3v) is 4.42. The van der Waals surface area contributed by atoms with Crippen molar-refractivity contribution in [3.8, 4) is 0 Å². The Balaban J connectivity index is 2.04. The lowest BCUT2D eigenvalue weighted by Gasteiger charge is -2.28. The van der Waals surface area contributed by atoms with Crippen molar-refractivity contribution in [2.24, 2.45) is 5.73 Å². The number of nitrogens with zero attached hydrogens (tertiary/aromatic N) is 2. The Kier molecular flexibility index (Phi) is 6.51. The molecule has 138 valence electrons. The lowest BCUT2D eigenvalue weighted by atomic mass is 10.1. The summed E-state index contributed by atoms with van der Waals surface area (Å²) < 4.78 is 0. The summed E-state index contributed by atoms with van der Waals surface area (Å²) in [4.78, 5) is 44.4. The smallest absolute Gasteiger partial charge is 0.303 e. The molecule has 9 nitrogen and oxygen atoms in total. The van der Waals surface area contributed by atoms with E-state index in [2.05, 4.69) is 15.3 Å². The molecule has 3 unspecified atom stereocenters. The zero-order chi connectivity index (χ0) is 18.4. The number of likely N-dealkylation sites (tertiary alicyclic amines) is 1. The highest BCUT2D eigenvalue weighted by atomic mass is 16.4. The van der Waals surface area contributed by atoms with Crippen LogP contribution in [0, 0.1) is 0 Å². The van der Waals surface area contributed by atoms with Crippen molar-refractivity contribution in [1.29, 1.82) is 0 Å². The minimum absolute atomic E-state index is 0.0185. The van der Waals surface area contributed by atoms with Crippen molar-refractivity contribution in [3.63, 3.8) is 0 Å². The maximum Gasteiger partial charge on any atom is 0.303 e. The van der Waals surface area contributed by atoms with E-state index in [1.165, 1.54) is 6.33 Å². The van der Waals surface area contributed by atoms with Crippen LogP contribution in [0.25, 0.3) is 0 Å². The van der Waals surface area contributed by atoms with Crippen LogP contribution in [0.5, 0.6) is 0 Å². The number of hydrogen-bond donors (Lipinski definition) is 4. The first-order valence-electron chi connectivity index (χ1n) is 8.44. The normalized spacial score (nSPS) is 19.4. The Morgan fingerprint density at radius 3 is 2.84 bits per heavy atom. The number of carboxylic acids is 1. The number of H-pyrrole nitrogens is 1. The molecule has 0 spiro atoms. The standard InChI is InChI=1S/C16H25N5O4/c1-10-3-2-6-21(10)16(25)13(7-11-8-18-9-19-11)20-15(24)12(17)4-5-14(22)23/h8-10,12-13H,2-7,17H2,1H3,(H,18,19)(H,20,24)(H,22,23). The van der Waals surface area contributed by atoms with Gasteiger partial charge in [-0.2, -0.15) is 0 Å². The van der Waals surface area contributed by atoms with E-state index in [4.69, 9.17) is 10.8 Å². The lowest BCUT2D eigenvalue weighted by molar-refractivity contribution is -0.138. The van der Waals surface area contributed by atoms with Crippen LogP contribution in [0.3, 0.4) is 0 Å². The summed E-state index contributed by atoms with van der Waals surface area (Å²) in [6, 6.07) is -1.61. The highest BCUT2D eigenvalue weighted by Gasteiger charge is 2.33. The molecule has 1 aliphatic heterocycles. The summed E-state index contributed by atoms with van der Waals surface area (Å²) in [5, 5.41) is 11.4. The molecule has 2 rings (SSSR count). The van der Waals surface area contributed by atoms with Gasteiger partial charge in [-0.25, -0.2) is 4.98 Å². The molecule has 0 aromatic carbocycles. The highest BCUT2D eigenvalue weighted by molar-refractivity contribution is 5.90. The fourth-order valence-electron chi connectivity index (χ4n) is 2.96. The molecule has 1 aromatic rings. The number of imidazole rings is 1. The van der Waals surface area contributed by atoms with E-state index < -0.39 is 24.0 Å². The van der Waals surface area contributed by atoms with Crippen molar-refractivity contribution in [1.82, 2.24) is 20.2 Å². The van der Waals surface area contributed by atoms with E-state index in [1.54, 1.807) is 11.1 Å². The number of nitrogens with one attached hydrogen (secondary N) is 2. The van der Waals surface area contributed by atoms with E-state index in [9.17, 15) is 14.4 Å². The molecule has 25 heavy (non-hydrogen) atoms. The molecule has 0 aliphatic carbocycles. The molecule has 0 saturated carbocycles. The Hall–Kier alpha value is -2.42. The second-order valence-corrected chi connectivity index (χ2v) is 6.39. The zero-order valence-electron chi connectivity index (χ0n) is 14.3. The summed E-state index contributed by atoms with van der Waals surface area (Å²) in [5.74, 6) is -1.70. The second-order valence-electron chi connectivity index (χ2n) is 6.39. The topological polar surface area (TPSA) is 141 Å². The number of hydrogen-bond acceptors (Lipinski definition) is 5. The largest absolute Gasteiger partial charge is 0.481 e. The summed E-state index contributed by atoms with van der Waals surface area (Å²) in [6.07, 6.45) is 5.13. The quantitative estimate of drug-likeness (QED) is 0.504. The second kappa shape index (κ2) is 8.61. The van der Waals surface area contributed by atoms with Gasteiger partial charge in [-0.3, -0.25) is 14.4 Å². The number of aliphatic carboxylic acids is 1. The predicted octanol–water partition coefficient (Wildman–Crippen LogP) is -0.360. The van der Waals surface area contributed by atoms with Crippen LogP contribution in [-0.2, 0) is 20.8 Å². The van der Waals surface area contributed by atoms with Gasteiger partial charge in [0.15, 0.2) is 0 Å². The van der Waals surface area contributed by atoms with Crippen LogP contribution < -0.4 is 11.1 Å². The third-order valence-electron chi connectivity index (χ3n) is 4.42. The highest BCUT2D eigenvalue weighted by Crippen LogP contribution is 2.18. The molecular formula is C16H25N5O4. The lowest BCUT2D eigenvalue weighted by Crippen LogP contribution is -2.54. The first-order valence-corrected chi connectivity index (χ1v) is 8.44. The maximum absolute atomic E-state index is 12.8. The van der Waals surface area contributed by atoms with Gasteiger partial charge in [-0.1, -0.05) is 0 Å². The Labute approximate surface area is 146 Å². The fraction of sp³-hybridized carbons (Fsp3) is 0.625. The molecule has 3 atom stereocenters. The number of carbonyl (C=O) groups excluding carboxylic acids is 2. The van der Waals surface area contributed by atoms with Gasteiger partial charge in [0.2, 0.25) is 11.8 Å². The maximum atomic E-state index is 12.8. The molecule has 5 N–H and O–H groups in total. The summed E-state index contributed by atoms with van der Waals surface area (Å²) in [6.45, 7) is 2.65. The van der Waals surface area contributed by atoms with Crippen LogP contribution in [0.2, 0.25) is 0 Å².